The average molecular weight is 655 g/mol. The zero-order valence-corrected chi connectivity index (χ0v) is 27.7. The number of hydrogen-bond donors (Lipinski definition) is 2. The van der Waals surface area contributed by atoms with Gasteiger partial charge < -0.3 is 25.3 Å². The van der Waals surface area contributed by atoms with Gasteiger partial charge in [-0.3, -0.25) is 14.5 Å². The molecule has 5 unspecified atom stereocenters. The lowest BCUT2D eigenvalue weighted by atomic mass is 9.53. The fourth-order valence-electron chi connectivity index (χ4n) is 7.84. The van der Waals surface area contributed by atoms with Crippen LogP contribution in [0.25, 0.3) is 0 Å². The number of primary amides is 1. The highest BCUT2D eigenvalue weighted by Crippen LogP contribution is 2.54. The number of rotatable bonds is 11. The Kier molecular flexibility index (Phi) is 10.2. The number of nitrogens with one attached hydrogen (secondary N) is 1. The van der Waals surface area contributed by atoms with E-state index in [1.165, 1.54) is 0 Å². The first-order valence-electron chi connectivity index (χ1n) is 15.3. The zero-order chi connectivity index (χ0) is 32.3. The molecule has 0 bridgehead atoms. The lowest BCUT2D eigenvalue weighted by molar-refractivity contribution is -0.135. The Hall–Kier alpha value is -3.46. The monoisotopic (exact) mass is 653 g/mol. The molecule has 0 radical (unpaired) electrons. The van der Waals surface area contributed by atoms with Crippen LogP contribution in [0.5, 0.6) is 17.2 Å². The van der Waals surface area contributed by atoms with Crippen molar-refractivity contribution in [3.63, 3.8) is 0 Å². The molecule has 0 saturated carbocycles. The molecule has 0 spiro atoms. The van der Waals surface area contributed by atoms with E-state index < -0.39 is 17.2 Å². The van der Waals surface area contributed by atoms with Gasteiger partial charge in [0, 0.05) is 38.0 Å². The van der Waals surface area contributed by atoms with Crippen LogP contribution in [0.4, 0.5) is 0 Å². The number of methoxy groups -OCH3 is 3. The number of nitrogens with two attached hydrogens (primary N) is 1. The minimum atomic E-state index is -1.13. The normalized spacial score (nSPS) is 24.1. The molecule has 3 N–H and O–H groups in total. The van der Waals surface area contributed by atoms with E-state index >= 15 is 0 Å². The second kappa shape index (κ2) is 13.9. The van der Waals surface area contributed by atoms with Gasteiger partial charge in [-0.1, -0.05) is 72.9 Å². The van der Waals surface area contributed by atoms with Crippen molar-refractivity contribution >= 4 is 35.0 Å². The molecule has 2 heterocycles. The molecule has 0 aliphatic carbocycles. The first-order valence-corrected chi connectivity index (χ1v) is 16.0. The second-order valence-electron chi connectivity index (χ2n) is 11.9. The summed E-state index contributed by atoms with van der Waals surface area (Å²) in [5.74, 6) is 0.200. The fourth-order valence-corrected chi connectivity index (χ4v) is 8.15. The molecular formula is C35H41Cl2N3O5. The largest absolute Gasteiger partial charge is 0.493 e. The maximum Gasteiger partial charge on any atom is 0.229 e. The van der Waals surface area contributed by atoms with E-state index in [0.29, 0.717) is 66.3 Å². The quantitative estimate of drug-likeness (QED) is 0.270. The molecule has 5 atom stereocenters. The summed E-state index contributed by atoms with van der Waals surface area (Å²) in [7, 11) is 4.77. The first kappa shape index (κ1) is 32.9. The molecule has 0 aromatic heterocycles. The Bertz CT molecular complexity index is 1510. The molecule has 2 aliphatic heterocycles. The highest BCUT2D eigenvalue weighted by atomic mass is 35.5. The van der Waals surface area contributed by atoms with Crippen LogP contribution in [0.1, 0.15) is 42.4 Å². The van der Waals surface area contributed by atoms with E-state index in [4.69, 9.17) is 43.1 Å². The van der Waals surface area contributed by atoms with Crippen LogP contribution in [0.2, 0.25) is 10.0 Å². The molecule has 2 fully saturated rings. The van der Waals surface area contributed by atoms with E-state index in [1.807, 2.05) is 54.6 Å². The third kappa shape index (κ3) is 6.08. The number of carbonyl (C=O) groups is 2. The van der Waals surface area contributed by atoms with Gasteiger partial charge in [0.05, 0.1) is 36.8 Å². The topological polar surface area (TPSA) is 103 Å². The number of piperidine rings is 1. The van der Waals surface area contributed by atoms with Crippen molar-refractivity contribution in [3.8, 4) is 17.2 Å². The summed E-state index contributed by atoms with van der Waals surface area (Å²) >= 11 is 13.0. The third-order valence-corrected chi connectivity index (χ3v) is 10.5. The Labute approximate surface area is 275 Å². The van der Waals surface area contributed by atoms with Gasteiger partial charge in [0.1, 0.15) is 0 Å². The number of carbonyl (C=O) groups excluding carboxylic acids is 2. The van der Waals surface area contributed by atoms with Gasteiger partial charge in [-0.05, 0) is 59.2 Å². The number of halogens is 2. The fraction of sp³-hybridized carbons (Fsp3) is 0.429. The van der Waals surface area contributed by atoms with Gasteiger partial charge in [0.25, 0.3) is 0 Å². The highest BCUT2D eigenvalue weighted by molar-refractivity contribution is 6.42. The lowest BCUT2D eigenvalue weighted by Gasteiger charge is -2.55. The average Bonchev–Trinajstić information content (AvgIpc) is 3.47. The summed E-state index contributed by atoms with van der Waals surface area (Å²) in [6.45, 7) is 4.28. The van der Waals surface area contributed by atoms with Crippen LogP contribution < -0.4 is 25.3 Å². The molecule has 3 aromatic carbocycles. The molecule has 10 heteroatoms. The van der Waals surface area contributed by atoms with E-state index in [1.54, 1.807) is 27.4 Å². The highest BCUT2D eigenvalue weighted by Gasteiger charge is 2.59. The first-order chi connectivity index (χ1) is 21.7. The van der Waals surface area contributed by atoms with Crippen LogP contribution in [-0.4, -0.2) is 57.7 Å². The van der Waals surface area contributed by atoms with E-state index in [9.17, 15) is 9.59 Å². The molecule has 2 amide bonds. The summed E-state index contributed by atoms with van der Waals surface area (Å²) in [6.07, 6.45) is 1.42. The molecule has 2 aliphatic rings. The van der Waals surface area contributed by atoms with E-state index in [2.05, 4.69) is 17.1 Å². The second-order valence-corrected chi connectivity index (χ2v) is 12.7. The molecule has 5 rings (SSSR count). The number of likely N-dealkylation sites (tertiary alicyclic amines) is 1. The van der Waals surface area contributed by atoms with Gasteiger partial charge in [0.15, 0.2) is 11.5 Å². The van der Waals surface area contributed by atoms with Crippen LogP contribution in [0.15, 0.2) is 60.7 Å². The van der Waals surface area contributed by atoms with Gasteiger partial charge in [-0.2, -0.15) is 0 Å². The number of benzene rings is 3. The number of hydrogen-bond acceptors (Lipinski definition) is 6. The van der Waals surface area contributed by atoms with E-state index in [-0.39, 0.29) is 23.7 Å². The van der Waals surface area contributed by atoms with Crippen molar-refractivity contribution in [1.29, 1.82) is 0 Å². The number of nitrogens with zero attached hydrogens (tertiary/aromatic N) is 1. The van der Waals surface area contributed by atoms with Crippen LogP contribution in [-0.2, 0) is 21.5 Å². The maximum absolute atomic E-state index is 14.2. The summed E-state index contributed by atoms with van der Waals surface area (Å²) in [4.78, 5) is 29.8. The molecule has 45 heavy (non-hydrogen) atoms. The van der Waals surface area contributed by atoms with Crippen molar-refractivity contribution in [1.82, 2.24) is 10.2 Å². The predicted molar refractivity (Wildman–Crippen MR) is 176 cm³/mol. The molecule has 2 saturated heterocycles. The Balaban J connectivity index is 1.71. The van der Waals surface area contributed by atoms with Crippen molar-refractivity contribution in [3.05, 3.63) is 87.4 Å². The minimum Gasteiger partial charge on any atom is -0.493 e. The zero-order valence-electron chi connectivity index (χ0n) is 26.1. The van der Waals surface area contributed by atoms with Crippen molar-refractivity contribution in [2.45, 2.75) is 37.6 Å². The Morgan fingerprint density at radius 2 is 1.69 bits per heavy atom. The number of amides is 2. The molecular weight excluding hydrogens is 613 g/mol. The van der Waals surface area contributed by atoms with Gasteiger partial charge >= 0.3 is 0 Å². The Morgan fingerprint density at radius 1 is 1.00 bits per heavy atom. The third-order valence-electron chi connectivity index (χ3n) is 9.76. The molecule has 8 nitrogen and oxygen atoms in total. The van der Waals surface area contributed by atoms with E-state index in [0.717, 1.165) is 16.7 Å². The maximum atomic E-state index is 14.2. The number of ether oxygens (including phenoxy) is 3. The van der Waals surface area contributed by atoms with Crippen LogP contribution in [0.3, 0.4) is 0 Å². The minimum absolute atomic E-state index is 0.0288. The molecule has 240 valence electrons. The van der Waals surface area contributed by atoms with Crippen molar-refractivity contribution in [2.24, 2.45) is 23.5 Å². The Morgan fingerprint density at radius 3 is 2.22 bits per heavy atom. The van der Waals surface area contributed by atoms with Crippen molar-refractivity contribution in [2.75, 3.05) is 41.0 Å². The summed E-state index contributed by atoms with van der Waals surface area (Å²) in [6, 6.07) is 19.2. The SMILES string of the molecule is CCC(C1CCNC1=O)C1CN(Cc2cc(OC)c(OC)c(OC)c2)CC(c2ccc(Cl)c(Cl)c2)C1(C(N)=O)c1ccccc1. The lowest BCUT2D eigenvalue weighted by Crippen LogP contribution is -2.63. The van der Waals surface area contributed by atoms with Crippen molar-refractivity contribution < 1.29 is 23.8 Å². The van der Waals surface area contributed by atoms with Gasteiger partial charge in [-0.15, -0.1) is 0 Å². The van der Waals surface area contributed by atoms with Crippen LogP contribution >= 0.6 is 23.2 Å². The van der Waals surface area contributed by atoms with Gasteiger partial charge in [0.2, 0.25) is 17.6 Å². The summed E-state index contributed by atoms with van der Waals surface area (Å²) < 4.78 is 16.8. The standard InChI is InChI=1S/C35H41Cl2N3O5/c1-5-24(25-13-14-39-33(25)41)27-20-40(18-21-15-30(43-2)32(45-4)31(16-21)44-3)19-26(22-11-12-28(36)29(37)17-22)35(27,34(38)42)23-9-7-6-8-10-23/h6-12,15-17,24-27H,5,13-14,18-20H2,1-4H3,(H2,38,42)(H,39,41). The summed E-state index contributed by atoms with van der Waals surface area (Å²) in [5.41, 5.74) is 8.10. The van der Waals surface area contributed by atoms with Gasteiger partial charge in [-0.25, -0.2) is 0 Å². The summed E-state index contributed by atoms with van der Waals surface area (Å²) in [5, 5.41) is 3.86. The molecule has 3 aromatic rings. The predicted octanol–water partition coefficient (Wildman–Crippen LogP) is 5.82. The smallest absolute Gasteiger partial charge is 0.229 e. The van der Waals surface area contributed by atoms with Crippen LogP contribution in [0, 0.1) is 17.8 Å².